The van der Waals surface area contributed by atoms with Crippen LogP contribution in [0.1, 0.15) is 31.4 Å². The van der Waals surface area contributed by atoms with Crippen LogP contribution in [0.5, 0.6) is 0 Å². The van der Waals surface area contributed by atoms with Crippen LogP contribution in [-0.2, 0) is 9.53 Å². The molecule has 1 aromatic heterocycles. The van der Waals surface area contributed by atoms with Gasteiger partial charge in [-0.05, 0) is 26.0 Å². The van der Waals surface area contributed by atoms with E-state index in [2.05, 4.69) is 39.7 Å². The molecule has 27 heavy (non-hydrogen) atoms. The monoisotopic (exact) mass is 371 g/mol. The minimum atomic E-state index is -0.0694. The second-order valence-electron chi connectivity index (χ2n) is 9.21. The van der Waals surface area contributed by atoms with E-state index in [1.165, 1.54) is 0 Å². The third-order valence-electron chi connectivity index (χ3n) is 6.95. The highest BCUT2D eigenvalue weighted by Crippen LogP contribution is 2.53. The Hall–Kier alpha value is -1.73. The quantitative estimate of drug-likeness (QED) is 0.789. The molecule has 1 atom stereocenters. The number of carbonyl (C=O) groups is 1. The Kier molecular flexibility index (Phi) is 3.95. The van der Waals surface area contributed by atoms with Crippen LogP contribution in [0.2, 0.25) is 0 Å². The lowest BCUT2D eigenvalue weighted by atomic mass is 9.70. The van der Waals surface area contributed by atoms with Crippen molar-refractivity contribution in [1.29, 1.82) is 0 Å². The molecule has 4 heterocycles. The van der Waals surface area contributed by atoms with Gasteiger partial charge in [-0.25, -0.2) is 9.97 Å². The number of likely N-dealkylation sites (tertiary alicyclic amines) is 2. The zero-order valence-corrected chi connectivity index (χ0v) is 16.4. The highest BCUT2D eigenvalue weighted by atomic mass is 16.5. The first-order valence-corrected chi connectivity index (χ1v) is 10.1. The van der Waals surface area contributed by atoms with Gasteiger partial charge in [0.05, 0.1) is 18.9 Å². The number of likely N-dealkylation sites (N-methyl/N-ethyl adjacent to an activating group) is 1. The molecule has 4 fully saturated rings. The van der Waals surface area contributed by atoms with Crippen molar-refractivity contribution in [3.05, 3.63) is 18.0 Å². The lowest BCUT2D eigenvalue weighted by molar-refractivity contribution is -0.149. The number of anilines is 1. The summed E-state index contributed by atoms with van der Waals surface area (Å²) in [5.41, 5.74) is 1.20. The summed E-state index contributed by atoms with van der Waals surface area (Å²) in [5.74, 6) is 1.54. The highest BCUT2D eigenvalue weighted by molar-refractivity contribution is 5.85. The molecule has 146 valence electrons. The van der Waals surface area contributed by atoms with Crippen LogP contribution in [-0.4, -0.2) is 85.2 Å². The Morgan fingerprint density at radius 3 is 2.67 bits per heavy atom. The van der Waals surface area contributed by atoms with Gasteiger partial charge < -0.3 is 19.4 Å². The average Bonchev–Trinajstić information content (AvgIpc) is 3.31. The number of hydrogen-bond donors (Lipinski definition) is 0. The number of aromatic nitrogens is 2. The Balaban J connectivity index is 1.35. The maximum Gasteiger partial charge on any atom is 0.228 e. The van der Waals surface area contributed by atoms with Crippen LogP contribution < -0.4 is 4.90 Å². The summed E-state index contributed by atoms with van der Waals surface area (Å²) in [6, 6.07) is 2.07. The minimum Gasteiger partial charge on any atom is -0.378 e. The third-order valence-corrected chi connectivity index (χ3v) is 6.95. The number of morpholine rings is 1. The van der Waals surface area contributed by atoms with Crippen LogP contribution in [0.25, 0.3) is 0 Å². The van der Waals surface area contributed by atoms with Crippen molar-refractivity contribution in [2.24, 2.45) is 10.8 Å². The molecule has 1 spiro atoms. The lowest BCUT2D eigenvalue weighted by Gasteiger charge is -2.51. The Morgan fingerprint density at radius 1 is 1.22 bits per heavy atom. The molecule has 1 aliphatic carbocycles. The first kappa shape index (κ1) is 17.4. The molecule has 4 aliphatic rings. The predicted octanol–water partition coefficient (Wildman–Crippen LogP) is 0.971. The van der Waals surface area contributed by atoms with Crippen LogP contribution in [0.4, 0.5) is 5.95 Å². The molecule has 0 radical (unpaired) electrons. The fraction of sp³-hybridized carbons (Fsp3) is 0.750. The summed E-state index contributed by atoms with van der Waals surface area (Å²) in [6.45, 7) is 9.05. The van der Waals surface area contributed by atoms with Gasteiger partial charge >= 0.3 is 0 Å². The summed E-state index contributed by atoms with van der Waals surface area (Å²) in [4.78, 5) is 28.9. The van der Waals surface area contributed by atoms with E-state index in [0.29, 0.717) is 11.8 Å². The number of rotatable bonds is 3. The summed E-state index contributed by atoms with van der Waals surface area (Å²) >= 11 is 0. The summed E-state index contributed by atoms with van der Waals surface area (Å²) in [6.07, 6.45) is 3.99. The number of ether oxygens (including phenoxy) is 1. The first-order valence-electron chi connectivity index (χ1n) is 10.1. The van der Waals surface area contributed by atoms with E-state index in [9.17, 15) is 4.79 Å². The van der Waals surface area contributed by atoms with Gasteiger partial charge in [-0.15, -0.1) is 0 Å². The van der Waals surface area contributed by atoms with Gasteiger partial charge in [0.2, 0.25) is 11.9 Å². The van der Waals surface area contributed by atoms with Crippen molar-refractivity contribution < 1.29 is 9.53 Å². The molecule has 1 saturated carbocycles. The first-order chi connectivity index (χ1) is 13.0. The molecule has 7 heteroatoms. The van der Waals surface area contributed by atoms with Crippen molar-refractivity contribution in [2.45, 2.75) is 25.7 Å². The number of hydrogen-bond acceptors (Lipinski definition) is 6. The van der Waals surface area contributed by atoms with Gasteiger partial charge in [-0.1, -0.05) is 6.92 Å². The molecular formula is C20H29N5O2. The summed E-state index contributed by atoms with van der Waals surface area (Å²) in [5, 5.41) is 0. The van der Waals surface area contributed by atoms with Crippen LogP contribution in [0, 0.1) is 10.8 Å². The van der Waals surface area contributed by atoms with E-state index < -0.39 is 0 Å². The van der Waals surface area contributed by atoms with Crippen LogP contribution >= 0.6 is 0 Å². The molecule has 7 nitrogen and oxygen atoms in total. The molecule has 1 aromatic rings. The molecular weight excluding hydrogens is 342 g/mol. The molecule has 3 aliphatic heterocycles. The highest BCUT2D eigenvalue weighted by Gasteiger charge is 2.59. The SMILES string of the molecule is CN1CC(c2ccnc(N3CCOCC3)n2)C2(C1)CN(C(=O)C1(C)CC1)C2. The van der Waals surface area contributed by atoms with Crippen LogP contribution in [0.15, 0.2) is 12.3 Å². The van der Waals surface area contributed by atoms with Gasteiger partial charge in [0.25, 0.3) is 0 Å². The van der Waals surface area contributed by atoms with Gasteiger partial charge in [-0.2, -0.15) is 0 Å². The molecule has 0 N–H and O–H groups in total. The molecule has 0 bridgehead atoms. The average molecular weight is 371 g/mol. The molecule has 3 saturated heterocycles. The maximum absolute atomic E-state index is 12.7. The topological polar surface area (TPSA) is 61.8 Å². The molecule has 5 rings (SSSR count). The van der Waals surface area contributed by atoms with Gasteiger partial charge in [-0.3, -0.25) is 4.79 Å². The number of amides is 1. The van der Waals surface area contributed by atoms with Gasteiger partial charge in [0.15, 0.2) is 0 Å². The Bertz CT molecular complexity index is 738. The number of carbonyl (C=O) groups excluding carboxylic acids is 1. The lowest BCUT2D eigenvalue weighted by Crippen LogP contribution is -2.62. The van der Waals surface area contributed by atoms with Crippen molar-refractivity contribution in [2.75, 3.05) is 64.4 Å². The van der Waals surface area contributed by atoms with E-state index in [-0.39, 0.29) is 10.8 Å². The molecule has 0 aromatic carbocycles. The van der Waals surface area contributed by atoms with Crippen molar-refractivity contribution in [3.8, 4) is 0 Å². The van der Waals surface area contributed by atoms with Crippen LogP contribution in [0.3, 0.4) is 0 Å². The summed E-state index contributed by atoms with van der Waals surface area (Å²) in [7, 11) is 2.18. The molecule has 1 unspecified atom stereocenters. The van der Waals surface area contributed by atoms with E-state index >= 15 is 0 Å². The maximum atomic E-state index is 12.7. The van der Waals surface area contributed by atoms with Crippen molar-refractivity contribution >= 4 is 11.9 Å². The predicted molar refractivity (Wildman–Crippen MR) is 102 cm³/mol. The Morgan fingerprint density at radius 2 is 1.96 bits per heavy atom. The smallest absolute Gasteiger partial charge is 0.228 e. The standard InChI is InChI=1S/C20H29N5O2/c1-19(4-5-19)17(26)25-13-20(14-25)12-23(2)11-15(20)16-3-6-21-18(22-16)24-7-9-27-10-8-24/h3,6,15H,4-5,7-14H2,1-2H3. The van der Waals surface area contributed by atoms with Crippen molar-refractivity contribution in [3.63, 3.8) is 0 Å². The van der Waals surface area contributed by atoms with E-state index in [0.717, 1.165) is 77.0 Å². The van der Waals surface area contributed by atoms with Crippen molar-refractivity contribution in [1.82, 2.24) is 19.8 Å². The Labute approximate surface area is 160 Å². The third kappa shape index (κ3) is 2.91. The zero-order chi connectivity index (χ0) is 18.6. The zero-order valence-electron chi connectivity index (χ0n) is 16.4. The largest absolute Gasteiger partial charge is 0.378 e. The number of nitrogens with zero attached hydrogens (tertiary/aromatic N) is 5. The van der Waals surface area contributed by atoms with Gasteiger partial charge in [0, 0.05) is 62.2 Å². The molecule has 1 amide bonds. The fourth-order valence-electron chi connectivity index (χ4n) is 5.06. The van der Waals surface area contributed by atoms with E-state index in [1.54, 1.807) is 0 Å². The van der Waals surface area contributed by atoms with Gasteiger partial charge in [0.1, 0.15) is 0 Å². The summed E-state index contributed by atoms with van der Waals surface area (Å²) < 4.78 is 5.45. The second-order valence-corrected chi connectivity index (χ2v) is 9.21. The van der Waals surface area contributed by atoms with E-state index in [1.807, 2.05) is 6.20 Å². The fourth-order valence-corrected chi connectivity index (χ4v) is 5.06. The minimum absolute atomic E-state index is 0.0694. The van der Waals surface area contributed by atoms with E-state index in [4.69, 9.17) is 9.72 Å². The second kappa shape index (κ2) is 6.14. The normalized spacial score (nSPS) is 29.0.